The number of likely N-dealkylation sites (tertiary alicyclic amines) is 1. The van der Waals surface area contributed by atoms with Crippen LogP contribution in [0.5, 0.6) is 0 Å². The molecule has 8 heteroatoms. The van der Waals surface area contributed by atoms with Gasteiger partial charge >= 0.3 is 11.1 Å². The predicted molar refractivity (Wildman–Crippen MR) is 109 cm³/mol. The second-order valence-electron chi connectivity index (χ2n) is 7.22. The van der Waals surface area contributed by atoms with Crippen molar-refractivity contribution in [2.45, 2.75) is 32.4 Å². The molecule has 1 aromatic carbocycles. The molecule has 3 aromatic rings. The lowest BCUT2D eigenvalue weighted by atomic mass is 10.1. The number of H-pyrrole nitrogens is 1. The first kappa shape index (κ1) is 19.2. The number of carbonyl (C=O) groups is 1. The molecule has 29 heavy (non-hydrogen) atoms. The fourth-order valence-electron chi connectivity index (χ4n) is 3.97. The summed E-state index contributed by atoms with van der Waals surface area (Å²) in [5.41, 5.74) is 0.201. The highest BCUT2D eigenvalue weighted by atomic mass is 16.3. The Bertz CT molecular complexity index is 1120. The SMILES string of the molecule is CCn1c(=O)c(=O)[nH]c2cc(C(=O)NCC(c3ccco3)N3CCCC3)ccc21. The van der Waals surface area contributed by atoms with Gasteiger partial charge in [0.05, 0.1) is 23.3 Å². The number of rotatable bonds is 6. The van der Waals surface area contributed by atoms with Crippen LogP contribution in [0.1, 0.15) is 41.9 Å². The first-order chi connectivity index (χ1) is 14.1. The molecular weight excluding hydrogens is 372 g/mol. The summed E-state index contributed by atoms with van der Waals surface area (Å²) >= 11 is 0. The number of aromatic amines is 1. The Kier molecular flexibility index (Phi) is 5.35. The number of hydrogen-bond acceptors (Lipinski definition) is 5. The molecule has 0 aliphatic carbocycles. The first-order valence-electron chi connectivity index (χ1n) is 9.91. The minimum absolute atomic E-state index is 0.0121. The molecule has 1 atom stereocenters. The van der Waals surface area contributed by atoms with Gasteiger partial charge in [0, 0.05) is 18.7 Å². The third-order valence-electron chi connectivity index (χ3n) is 5.46. The molecule has 3 heterocycles. The molecule has 0 bridgehead atoms. The molecule has 8 nitrogen and oxygen atoms in total. The number of nitrogens with zero attached hydrogens (tertiary/aromatic N) is 2. The summed E-state index contributed by atoms with van der Waals surface area (Å²) < 4.78 is 6.99. The maximum atomic E-state index is 12.8. The Morgan fingerprint density at radius 3 is 2.72 bits per heavy atom. The van der Waals surface area contributed by atoms with Crippen molar-refractivity contribution in [1.82, 2.24) is 19.8 Å². The van der Waals surface area contributed by atoms with Crippen molar-refractivity contribution in [1.29, 1.82) is 0 Å². The summed E-state index contributed by atoms with van der Waals surface area (Å²) in [5, 5.41) is 2.98. The molecular formula is C21H24N4O4. The molecule has 0 radical (unpaired) electrons. The van der Waals surface area contributed by atoms with Gasteiger partial charge in [-0.25, -0.2) is 0 Å². The van der Waals surface area contributed by atoms with Gasteiger partial charge < -0.3 is 19.3 Å². The Balaban J connectivity index is 1.56. The van der Waals surface area contributed by atoms with Crippen LogP contribution in [0, 0.1) is 0 Å². The summed E-state index contributed by atoms with van der Waals surface area (Å²) in [6, 6.07) is 8.74. The van der Waals surface area contributed by atoms with Gasteiger partial charge in [-0.05, 0) is 63.2 Å². The maximum absolute atomic E-state index is 12.8. The second kappa shape index (κ2) is 8.08. The standard InChI is InChI=1S/C21H24N4O4/c1-2-25-16-8-7-14(12-15(16)23-20(27)21(25)28)19(26)22-13-17(18-6-5-11-29-18)24-9-3-4-10-24/h5-8,11-12,17H,2-4,9-10,13H2,1H3,(H,22,26)(H,23,27). The number of furan rings is 1. The molecule has 2 N–H and O–H groups in total. The Morgan fingerprint density at radius 1 is 1.24 bits per heavy atom. The normalized spacial score (nSPS) is 15.6. The Morgan fingerprint density at radius 2 is 2.03 bits per heavy atom. The molecule has 4 rings (SSSR count). The van der Waals surface area contributed by atoms with Crippen LogP contribution >= 0.6 is 0 Å². The summed E-state index contributed by atoms with van der Waals surface area (Å²) in [4.78, 5) is 41.5. The molecule has 0 spiro atoms. The minimum Gasteiger partial charge on any atom is -0.468 e. The predicted octanol–water partition coefficient (Wildman–Crippen LogP) is 1.87. The molecule has 1 saturated heterocycles. The highest BCUT2D eigenvalue weighted by molar-refractivity contribution is 5.97. The lowest BCUT2D eigenvalue weighted by Gasteiger charge is -2.26. The fourth-order valence-corrected chi connectivity index (χ4v) is 3.97. The van der Waals surface area contributed by atoms with E-state index >= 15 is 0 Å². The van der Waals surface area contributed by atoms with E-state index in [1.807, 2.05) is 12.1 Å². The summed E-state index contributed by atoms with van der Waals surface area (Å²) in [7, 11) is 0. The smallest absolute Gasteiger partial charge is 0.316 e. The average molecular weight is 396 g/mol. The summed E-state index contributed by atoms with van der Waals surface area (Å²) in [6.07, 6.45) is 3.93. The van der Waals surface area contributed by atoms with Gasteiger partial charge in [-0.15, -0.1) is 0 Å². The topological polar surface area (TPSA) is 100 Å². The molecule has 1 aliphatic rings. The van der Waals surface area contributed by atoms with Crippen LogP contribution in [0.25, 0.3) is 11.0 Å². The third-order valence-corrected chi connectivity index (χ3v) is 5.46. The van der Waals surface area contributed by atoms with Gasteiger partial charge in [0.2, 0.25) is 0 Å². The van der Waals surface area contributed by atoms with Crippen LogP contribution in [0.3, 0.4) is 0 Å². The Hall–Kier alpha value is -3.13. The van der Waals surface area contributed by atoms with Crippen LogP contribution in [-0.2, 0) is 6.54 Å². The van der Waals surface area contributed by atoms with E-state index in [1.165, 1.54) is 4.57 Å². The van der Waals surface area contributed by atoms with Crippen molar-refractivity contribution in [3.05, 3.63) is 68.6 Å². The van der Waals surface area contributed by atoms with Gasteiger partial charge in [-0.2, -0.15) is 0 Å². The molecule has 2 aromatic heterocycles. The van der Waals surface area contributed by atoms with E-state index in [2.05, 4.69) is 15.2 Å². The third kappa shape index (κ3) is 3.75. The lowest BCUT2D eigenvalue weighted by molar-refractivity contribution is 0.0934. The zero-order chi connectivity index (χ0) is 20.4. The van der Waals surface area contributed by atoms with E-state index < -0.39 is 11.1 Å². The van der Waals surface area contributed by atoms with Crippen molar-refractivity contribution in [2.75, 3.05) is 19.6 Å². The molecule has 152 valence electrons. The number of nitrogens with one attached hydrogen (secondary N) is 2. The van der Waals surface area contributed by atoms with Crippen LogP contribution < -0.4 is 16.4 Å². The van der Waals surface area contributed by atoms with Crippen LogP contribution in [0.15, 0.2) is 50.6 Å². The van der Waals surface area contributed by atoms with Crippen LogP contribution in [0.2, 0.25) is 0 Å². The van der Waals surface area contributed by atoms with Crippen molar-refractivity contribution < 1.29 is 9.21 Å². The number of fused-ring (bicyclic) bond motifs is 1. The van der Waals surface area contributed by atoms with E-state index in [0.29, 0.717) is 29.7 Å². The van der Waals surface area contributed by atoms with Crippen molar-refractivity contribution >= 4 is 16.9 Å². The molecule has 1 amide bonds. The average Bonchev–Trinajstić information content (AvgIpc) is 3.43. The minimum atomic E-state index is -0.691. The lowest BCUT2D eigenvalue weighted by Crippen LogP contribution is -2.37. The Labute approximate surface area is 167 Å². The number of amides is 1. The van der Waals surface area contributed by atoms with Crippen LogP contribution in [-0.4, -0.2) is 40.0 Å². The van der Waals surface area contributed by atoms with Crippen molar-refractivity contribution in [3.8, 4) is 0 Å². The largest absolute Gasteiger partial charge is 0.468 e. The van der Waals surface area contributed by atoms with E-state index in [0.717, 1.165) is 31.7 Å². The fraction of sp³-hybridized carbons (Fsp3) is 0.381. The summed E-state index contributed by atoms with van der Waals surface area (Å²) in [5.74, 6) is 0.597. The number of hydrogen-bond donors (Lipinski definition) is 2. The van der Waals surface area contributed by atoms with Crippen molar-refractivity contribution in [3.63, 3.8) is 0 Å². The monoisotopic (exact) mass is 396 g/mol. The van der Waals surface area contributed by atoms with Crippen molar-refractivity contribution in [2.24, 2.45) is 0 Å². The maximum Gasteiger partial charge on any atom is 0.316 e. The zero-order valence-corrected chi connectivity index (χ0v) is 16.3. The zero-order valence-electron chi connectivity index (χ0n) is 16.3. The number of aromatic nitrogens is 2. The quantitative estimate of drug-likeness (QED) is 0.620. The van der Waals surface area contributed by atoms with E-state index in [1.54, 1.807) is 31.4 Å². The van der Waals surface area contributed by atoms with Gasteiger partial charge in [0.1, 0.15) is 5.76 Å². The molecule has 0 saturated carbocycles. The number of carbonyl (C=O) groups excluding carboxylic acids is 1. The van der Waals surface area contributed by atoms with E-state index in [-0.39, 0.29) is 11.9 Å². The highest BCUT2D eigenvalue weighted by Crippen LogP contribution is 2.25. The summed E-state index contributed by atoms with van der Waals surface area (Å²) in [6.45, 7) is 4.56. The molecule has 1 unspecified atom stereocenters. The van der Waals surface area contributed by atoms with E-state index in [4.69, 9.17) is 4.42 Å². The van der Waals surface area contributed by atoms with Crippen LogP contribution in [0.4, 0.5) is 0 Å². The van der Waals surface area contributed by atoms with Gasteiger partial charge in [0.15, 0.2) is 0 Å². The molecule has 1 fully saturated rings. The number of aryl methyl sites for hydroxylation is 1. The molecule has 1 aliphatic heterocycles. The van der Waals surface area contributed by atoms with Gasteiger partial charge in [0.25, 0.3) is 5.91 Å². The van der Waals surface area contributed by atoms with Gasteiger partial charge in [-0.3, -0.25) is 19.3 Å². The van der Waals surface area contributed by atoms with E-state index in [9.17, 15) is 14.4 Å². The highest BCUT2D eigenvalue weighted by Gasteiger charge is 2.26. The van der Waals surface area contributed by atoms with Gasteiger partial charge in [-0.1, -0.05) is 0 Å². The first-order valence-corrected chi connectivity index (χ1v) is 9.91. The number of benzene rings is 1. The second-order valence-corrected chi connectivity index (χ2v) is 7.22.